The van der Waals surface area contributed by atoms with Crippen LogP contribution in [-0.2, 0) is 14.3 Å². The number of hydrogen-bond donors (Lipinski definition) is 1. The number of hydrogen-bond acceptors (Lipinski definition) is 4. The van der Waals surface area contributed by atoms with Gasteiger partial charge in [-0.15, -0.1) is 12.4 Å². The molecule has 0 radical (unpaired) electrons. The maximum absolute atomic E-state index is 11.4. The number of halogens is 1. The third-order valence-electron chi connectivity index (χ3n) is 1.88. The van der Waals surface area contributed by atoms with E-state index in [0.29, 0.717) is 19.6 Å². The molecule has 1 N–H and O–H groups in total. The molecule has 1 amide bonds. The van der Waals surface area contributed by atoms with E-state index in [1.165, 1.54) is 7.11 Å². The fourth-order valence-corrected chi connectivity index (χ4v) is 1.05. The fraction of sp³-hybridized carbons (Fsp3) is 0.778. The summed E-state index contributed by atoms with van der Waals surface area (Å²) < 4.78 is 4.49. The fourth-order valence-electron chi connectivity index (χ4n) is 1.05. The average molecular weight is 239 g/mol. The van der Waals surface area contributed by atoms with Crippen LogP contribution in [0.1, 0.15) is 13.3 Å². The zero-order valence-corrected chi connectivity index (χ0v) is 10.2. The Labute approximate surface area is 96.6 Å². The molecular weight excluding hydrogens is 220 g/mol. The number of carbonyl (C=O) groups excluding carboxylic acids is 2. The smallest absolute Gasteiger partial charge is 0.307 e. The Morgan fingerprint density at radius 1 is 1.40 bits per heavy atom. The first kappa shape index (κ1) is 16.6. The van der Waals surface area contributed by atoms with Crippen molar-refractivity contribution in [3.63, 3.8) is 0 Å². The van der Waals surface area contributed by atoms with Crippen molar-refractivity contribution in [1.82, 2.24) is 10.2 Å². The molecule has 0 aromatic carbocycles. The molecule has 0 aliphatic rings. The van der Waals surface area contributed by atoms with Gasteiger partial charge in [0.1, 0.15) is 0 Å². The molecule has 0 aliphatic carbocycles. The van der Waals surface area contributed by atoms with Crippen molar-refractivity contribution in [3.8, 4) is 0 Å². The second-order valence-electron chi connectivity index (χ2n) is 2.83. The largest absolute Gasteiger partial charge is 0.469 e. The third kappa shape index (κ3) is 7.16. The monoisotopic (exact) mass is 238 g/mol. The number of esters is 1. The zero-order chi connectivity index (χ0) is 11.0. The predicted molar refractivity (Wildman–Crippen MR) is 60.1 cm³/mol. The summed E-state index contributed by atoms with van der Waals surface area (Å²) in [6.45, 7) is 3.21. The van der Waals surface area contributed by atoms with Crippen LogP contribution in [0.5, 0.6) is 0 Å². The zero-order valence-electron chi connectivity index (χ0n) is 9.41. The maximum atomic E-state index is 11.4. The topological polar surface area (TPSA) is 58.6 Å². The second kappa shape index (κ2) is 9.73. The van der Waals surface area contributed by atoms with E-state index >= 15 is 0 Å². The molecule has 0 aliphatic heterocycles. The summed E-state index contributed by atoms with van der Waals surface area (Å²) in [6, 6.07) is 0. The van der Waals surface area contributed by atoms with E-state index in [9.17, 15) is 9.59 Å². The minimum Gasteiger partial charge on any atom is -0.469 e. The normalized spacial score (nSPS) is 9.00. The lowest BCUT2D eigenvalue weighted by molar-refractivity contribution is -0.141. The molecule has 6 heteroatoms. The highest BCUT2D eigenvalue weighted by atomic mass is 35.5. The molecule has 15 heavy (non-hydrogen) atoms. The maximum Gasteiger partial charge on any atom is 0.307 e. The first-order valence-electron chi connectivity index (χ1n) is 4.64. The number of ether oxygens (including phenoxy) is 1. The van der Waals surface area contributed by atoms with Gasteiger partial charge in [0.05, 0.1) is 20.1 Å². The van der Waals surface area contributed by atoms with Gasteiger partial charge < -0.3 is 15.0 Å². The predicted octanol–water partition coefficient (Wildman–Crippen LogP) is 0.0392. The number of methoxy groups -OCH3 is 1. The van der Waals surface area contributed by atoms with Crippen molar-refractivity contribution < 1.29 is 14.3 Å². The van der Waals surface area contributed by atoms with Crippen molar-refractivity contribution in [2.75, 3.05) is 33.8 Å². The third-order valence-corrected chi connectivity index (χ3v) is 1.88. The Morgan fingerprint density at radius 2 is 2.00 bits per heavy atom. The summed E-state index contributed by atoms with van der Waals surface area (Å²) in [6.07, 6.45) is 0.250. The molecule has 0 unspecified atom stereocenters. The number of rotatable bonds is 6. The molecule has 0 saturated carbocycles. The number of likely N-dealkylation sites (N-methyl/N-ethyl adjacent to an activating group) is 2. The van der Waals surface area contributed by atoms with Crippen molar-refractivity contribution in [3.05, 3.63) is 0 Å². The van der Waals surface area contributed by atoms with Gasteiger partial charge in [-0.1, -0.05) is 0 Å². The van der Waals surface area contributed by atoms with E-state index in [2.05, 4.69) is 10.1 Å². The van der Waals surface area contributed by atoms with Gasteiger partial charge >= 0.3 is 5.97 Å². The highest BCUT2D eigenvalue weighted by Crippen LogP contribution is 1.93. The number of nitrogens with one attached hydrogen (secondary N) is 1. The summed E-state index contributed by atoms with van der Waals surface area (Å²) in [4.78, 5) is 23.8. The molecule has 0 fully saturated rings. The van der Waals surface area contributed by atoms with E-state index in [0.717, 1.165) is 0 Å². The van der Waals surface area contributed by atoms with Crippen LogP contribution in [0.3, 0.4) is 0 Å². The first-order valence-corrected chi connectivity index (χ1v) is 4.64. The standard InChI is InChI=1S/C9H18N2O3.ClH/c1-4-11(8(12)7-10-2)6-5-9(13)14-3;/h10H,4-7H2,1-3H3;1H. The summed E-state index contributed by atoms with van der Waals surface area (Å²) >= 11 is 0. The second-order valence-corrected chi connectivity index (χ2v) is 2.83. The molecule has 0 aromatic heterocycles. The Balaban J connectivity index is 0. The Hall–Kier alpha value is -0.810. The minimum absolute atomic E-state index is 0. The average Bonchev–Trinajstić information content (AvgIpc) is 2.18. The van der Waals surface area contributed by atoms with Gasteiger partial charge in [-0.2, -0.15) is 0 Å². The summed E-state index contributed by atoms with van der Waals surface area (Å²) in [7, 11) is 3.06. The van der Waals surface area contributed by atoms with E-state index in [4.69, 9.17) is 0 Å². The van der Waals surface area contributed by atoms with Crippen molar-refractivity contribution >= 4 is 24.3 Å². The summed E-state index contributed by atoms with van der Waals surface area (Å²) in [5.41, 5.74) is 0. The van der Waals surface area contributed by atoms with Crippen LogP contribution in [0.25, 0.3) is 0 Å². The molecule has 0 saturated heterocycles. The highest BCUT2D eigenvalue weighted by Gasteiger charge is 2.11. The lowest BCUT2D eigenvalue weighted by Gasteiger charge is -2.19. The highest BCUT2D eigenvalue weighted by molar-refractivity contribution is 5.85. The van der Waals surface area contributed by atoms with Gasteiger partial charge in [0.15, 0.2) is 0 Å². The molecule has 90 valence electrons. The van der Waals surface area contributed by atoms with E-state index in [-0.39, 0.29) is 30.7 Å². The first-order chi connectivity index (χ1) is 6.65. The number of carbonyl (C=O) groups is 2. The van der Waals surface area contributed by atoms with Crippen molar-refractivity contribution in [2.24, 2.45) is 0 Å². The Kier molecular flexibility index (Phi) is 10.8. The molecular formula is C9H19ClN2O3. The van der Waals surface area contributed by atoms with Crippen LogP contribution in [0.2, 0.25) is 0 Å². The summed E-state index contributed by atoms with van der Waals surface area (Å²) in [5.74, 6) is -0.292. The SMILES string of the molecule is CCN(CCC(=O)OC)C(=O)CNC.Cl. The van der Waals surface area contributed by atoms with Gasteiger partial charge in [-0.05, 0) is 14.0 Å². The Bertz CT molecular complexity index is 200. The van der Waals surface area contributed by atoms with Crippen LogP contribution < -0.4 is 5.32 Å². The van der Waals surface area contributed by atoms with Crippen molar-refractivity contribution in [1.29, 1.82) is 0 Å². The molecule has 0 aromatic rings. The quantitative estimate of drug-likeness (QED) is 0.664. The molecule has 0 spiro atoms. The number of amides is 1. The lowest BCUT2D eigenvalue weighted by atomic mass is 10.3. The number of nitrogens with zero attached hydrogens (tertiary/aromatic N) is 1. The lowest BCUT2D eigenvalue weighted by Crippen LogP contribution is -2.38. The van der Waals surface area contributed by atoms with Crippen molar-refractivity contribution in [2.45, 2.75) is 13.3 Å². The van der Waals surface area contributed by atoms with Crippen LogP contribution >= 0.6 is 12.4 Å². The van der Waals surface area contributed by atoms with E-state index < -0.39 is 0 Å². The minimum atomic E-state index is -0.291. The van der Waals surface area contributed by atoms with E-state index in [1.807, 2.05) is 6.92 Å². The van der Waals surface area contributed by atoms with E-state index in [1.54, 1.807) is 11.9 Å². The van der Waals surface area contributed by atoms with Gasteiger partial charge in [0.25, 0.3) is 0 Å². The molecule has 0 bridgehead atoms. The molecule has 0 atom stereocenters. The molecule has 0 heterocycles. The van der Waals surface area contributed by atoms with Crippen LogP contribution in [0.15, 0.2) is 0 Å². The molecule has 5 nitrogen and oxygen atoms in total. The summed E-state index contributed by atoms with van der Waals surface area (Å²) in [5, 5.41) is 2.78. The molecule has 0 rings (SSSR count). The van der Waals surface area contributed by atoms with Gasteiger partial charge in [0.2, 0.25) is 5.91 Å². The van der Waals surface area contributed by atoms with Crippen LogP contribution in [-0.4, -0.2) is 50.6 Å². The van der Waals surface area contributed by atoms with Gasteiger partial charge in [-0.25, -0.2) is 0 Å². The van der Waals surface area contributed by atoms with Gasteiger partial charge in [-0.3, -0.25) is 9.59 Å². The van der Waals surface area contributed by atoms with Crippen LogP contribution in [0.4, 0.5) is 0 Å². The van der Waals surface area contributed by atoms with Crippen LogP contribution in [0, 0.1) is 0 Å². The van der Waals surface area contributed by atoms with Gasteiger partial charge in [0, 0.05) is 13.1 Å². The Morgan fingerprint density at radius 3 is 2.40 bits per heavy atom.